The molecule has 0 radical (unpaired) electrons. The van der Waals surface area contributed by atoms with E-state index < -0.39 is 0 Å². The third-order valence-electron chi connectivity index (χ3n) is 4.24. The first kappa shape index (κ1) is 18.2. The zero-order chi connectivity index (χ0) is 19.7. The number of aromatic hydroxyl groups is 1. The van der Waals surface area contributed by atoms with Crippen molar-refractivity contribution in [1.82, 2.24) is 19.7 Å². The number of nitrogens with zero attached hydrogens (tertiary/aromatic N) is 5. The number of nitrogens with one attached hydrogen (secondary N) is 1. The summed E-state index contributed by atoms with van der Waals surface area (Å²) in [6.07, 6.45) is 1.48. The number of hydrogen-bond acceptors (Lipinski definition) is 7. The van der Waals surface area contributed by atoms with E-state index in [-0.39, 0.29) is 11.7 Å². The number of phenolic OH excluding ortho intramolecular Hbond substituents is 1. The van der Waals surface area contributed by atoms with E-state index in [9.17, 15) is 5.11 Å². The summed E-state index contributed by atoms with van der Waals surface area (Å²) in [4.78, 5) is 4.50. The van der Waals surface area contributed by atoms with Crippen molar-refractivity contribution in [2.75, 3.05) is 12.0 Å². The number of hydrogen-bond donors (Lipinski definition) is 2. The van der Waals surface area contributed by atoms with Crippen molar-refractivity contribution in [1.29, 1.82) is 0 Å². The average molecular weight is 441 g/mol. The molecule has 0 fully saturated rings. The van der Waals surface area contributed by atoms with E-state index in [1.54, 1.807) is 18.2 Å². The molecule has 8 nitrogen and oxygen atoms in total. The molecule has 0 aliphatic heterocycles. The summed E-state index contributed by atoms with van der Waals surface area (Å²) >= 11 is 3.48. The van der Waals surface area contributed by atoms with Crippen LogP contribution in [0.25, 0.3) is 22.1 Å². The standard InChI is InChI=1S/C19H17BrN6O2/c1-3-28-13-6-4-11(16(27)9-13)10-21-24-19-22-18-17(23-25-19)14-8-12(20)5-7-15(14)26(18)2/h4-10,27H,3H2,1-2H3,(H,22,24,25). The molecule has 0 bridgehead atoms. The highest BCUT2D eigenvalue weighted by molar-refractivity contribution is 9.10. The molecule has 9 heteroatoms. The first-order valence-corrected chi connectivity index (χ1v) is 9.39. The Labute approximate surface area is 169 Å². The Kier molecular flexibility index (Phi) is 4.82. The van der Waals surface area contributed by atoms with Gasteiger partial charge in [-0.1, -0.05) is 15.9 Å². The Hall–Kier alpha value is -3.20. The quantitative estimate of drug-likeness (QED) is 0.361. The number of ether oxygens (including phenoxy) is 1. The van der Waals surface area contributed by atoms with Crippen LogP contribution in [0.5, 0.6) is 11.5 Å². The van der Waals surface area contributed by atoms with Gasteiger partial charge in [0.05, 0.1) is 18.3 Å². The van der Waals surface area contributed by atoms with Gasteiger partial charge in [-0.3, -0.25) is 0 Å². The molecule has 0 atom stereocenters. The Balaban J connectivity index is 1.59. The summed E-state index contributed by atoms with van der Waals surface area (Å²) in [7, 11) is 1.93. The minimum atomic E-state index is 0.0743. The van der Waals surface area contributed by atoms with Crippen LogP contribution in [0.3, 0.4) is 0 Å². The number of benzene rings is 2. The summed E-state index contributed by atoms with van der Waals surface area (Å²) in [6, 6.07) is 11.0. The van der Waals surface area contributed by atoms with E-state index in [4.69, 9.17) is 4.74 Å². The first-order chi connectivity index (χ1) is 13.6. The molecule has 0 aliphatic rings. The van der Waals surface area contributed by atoms with E-state index in [2.05, 4.69) is 41.6 Å². The van der Waals surface area contributed by atoms with Crippen molar-refractivity contribution in [3.8, 4) is 11.5 Å². The van der Waals surface area contributed by atoms with E-state index in [1.807, 2.05) is 36.7 Å². The second kappa shape index (κ2) is 7.43. The lowest BCUT2D eigenvalue weighted by atomic mass is 10.2. The Morgan fingerprint density at radius 2 is 2.11 bits per heavy atom. The number of hydrazone groups is 1. The first-order valence-electron chi connectivity index (χ1n) is 8.60. The van der Waals surface area contributed by atoms with Gasteiger partial charge >= 0.3 is 0 Å². The molecule has 0 unspecified atom stereocenters. The van der Waals surface area contributed by atoms with Crippen LogP contribution in [0.2, 0.25) is 0 Å². The molecule has 0 spiro atoms. The Morgan fingerprint density at radius 1 is 1.25 bits per heavy atom. The van der Waals surface area contributed by atoms with Gasteiger partial charge in [-0.25, -0.2) is 5.43 Å². The van der Waals surface area contributed by atoms with Gasteiger partial charge in [0.25, 0.3) is 5.95 Å². The molecule has 4 aromatic rings. The number of aromatic nitrogens is 4. The summed E-state index contributed by atoms with van der Waals surface area (Å²) in [5, 5.41) is 23.5. The van der Waals surface area contributed by atoms with Gasteiger partial charge < -0.3 is 14.4 Å². The van der Waals surface area contributed by atoms with Crippen molar-refractivity contribution in [2.24, 2.45) is 12.1 Å². The second-order valence-corrected chi connectivity index (χ2v) is 6.97. The minimum absolute atomic E-state index is 0.0743. The average Bonchev–Trinajstić information content (AvgIpc) is 2.95. The second-order valence-electron chi connectivity index (χ2n) is 6.05. The monoisotopic (exact) mass is 440 g/mol. The minimum Gasteiger partial charge on any atom is -0.507 e. The number of phenols is 1. The molecule has 0 amide bonds. The van der Waals surface area contributed by atoms with Crippen LogP contribution >= 0.6 is 15.9 Å². The number of anilines is 1. The highest BCUT2D eigenvalue weighted by Crippen LogP contribution is 2.28. The fraction of sp³-hybridized carbons (Fsp3) is 0.158. The molecule has 0 saturated heterocycles. The van der Waals surface area contributed by atoms with Crippen LogP contribution < -0.4 is 10.2 Å². The Bertz CT molecular complexity index is 1200. The van der Waals surface area contributed by atoms with Gasteiger partial charge in [0.1, 0.15) is 17.0 Å². The van der Waals surface area contributed by atoms with E-state index in [0.29, 0.717) is 23.6 Å². The number of halogens is 1. The van der Waals surface area contributed by atoms with Gasteiger partial charge in [0.2, 0.25) is 0 Å². The molecule has 0 aliphatic carbocycles. The van der Waals surface area contributed by atoms with Crippen LogP contribution in [0, 0.1) is 0 Å². The van der Waals surface area contributed by atoms with Crippen molar-refractivity contribution in [3.05, 3.63) is 46.4 Å². The lowest BCUT2D eigenvalue weighted by Crippen LogP contribution is -2.01. The lowest BCUT2D eigenvalue weighted by molar-refractivity contribution is 0.337. The van der Waals surface area contributed by atoms with E-state index >= 15 is 0 Å². The number of aryl methyl sites for hydroxylation is 1. The Morgan fingerprint density at radius 3 is 2.89 bits per heavy atom. The third-order valence-corrected chi connectivity index (χ3v) is 4.74. The summed E-state index contributed by atoms with van der Waals surface area (Å²) in [5.41, 5.74) is 5.73. The summed E-state index contributed by atoms with van der Waals surface area (Å²) < 4.78 is 8.27. The zero-order valence-corrected chi connectivity index (χ0v) is 16.8. The highest BCUT2D eigenvalue weighted by Gasteiger charge is 2.12. The number of rotatable bonds is 5. The molecular weight excluding hydrogens is 424 g/mol. The molecule has 2 aromatic carbocycles. The molecule has 0 saturated carbocycles. The summed E-state index contributed by atoms with van der Waals surface area (Å²) in [5.74, 6) is 0.940. The maximum absolute atomic E-state index is 10.0. The highest BCUT2D eigenvalue weighted by atomic mass is 79.9. The lowest BCUT2D eigenvalue weighted by Gasteiger charge is -2.05. The van der Waals surface area contributed by atoms with Gasteiger partial charge in [0.15, 0.2) is 5.65 Å². The SMILES string of the molecule is CCOc1ccc(C=NNc2nnc3c4cc(Br)ccc4n(C)c3n2)c(O)c1. The molecular formula is C19H17BrN6O2. The van der Waals surface area contributed by atoms with Gasteiger partial charge in [-0.05, 0) is 37.3 Å². The molecule has 2 aromatic heterocycles. The van der Waals surface area contributed by atoms with Crippen molar-refractivity contribution < 1.29 is 9.84 Å². The summed E-state index contributed by atoms with van der Waals surface area (Å²) in [6.45, 7) is 2.42. The molecule has 28 heavy (non-hydrogen) atoms. The normalized spacial score (nSPS) is 11.5. The van der Waals surface area contributed by atoms with E-state index in [0.717, 1.165) is 20.9 Å². The van der Waals surface area contributed by atoms with Crippen molar-refractivity contribution in [2.45, 2.75) is 6.92 Å². The maximum atomic E-state index is 10.0. The van der Waals surface area contributed by atoms with Crippen LogP contribution in [0.15, 0.2) is 46.0 Å². The van der Waals surface area contributed by atoms with Crippen molar-refractivity contribution in [3.63, 3.8) is 0 Å². The van der Waals surface area contributed by atoms with E-state index in [1.165, 1.54) is 6.21 Å². The molecule has 142 valence electrons. The fourth-order valence-corrected chi connectivity index (χ4v) is 3.29. The van der Waals surface area contributed by atoms with Gasteiger partial charge in [-0.15, -0.1) is 10.2 Å². The fourth-order valence-electron chi connectivity index (χ4n) is 2.93. The van der Waals surface area contributed by atoms with Crippen LogP contribution in [0.1, 0.15) is 12.5 Å². The van der Waals surface area contributed by atoms with Crippen LogP contribution in [0.4, 0.5) is 5.95 Å². The smallest absolute Gasteiger partial charge is 0.265 e. The predicted octanol–water partition coefficient (Wildman–Crippen LogP) is 3.83. The molecule has 2 N–H and O–H groups in total. The predicted molar refractivity (Wildman–Crippen MR) is 112 cm³/mol. The van der Waals surface area contributed by atoms with Gasteiger partial charge in [0, 0.05) is 28.5 Å². The maximum Gasteiger partial charge on any atom is 0.265 e. The molecule has 4 rings (SSSR count). The topological polar surface area (TPSA) is 97.5 Å². The van der Waals surface area contributed by atoms with Crippen molar-refractivity contribution >= 4 is 50.2 Å². The third kappa shape index (κ3) is 3.36. The zero-order valence-electron chi connectivity index (χ0n) is 15.2. The van der Waals surface area contributed by atoms with Crippen LogP contribution in [-0.2, 0) is 7.05 Å². The van der Waals surface area contributed by atoms with Crippen LogP contribution in [-0.4, -0.2) is 37.7 Å². The molecule has 2 heterocycles. The largest absolute Gasteiger partial charge is 0.507 e. The van der Waals surface area contributed by atoms with Gasteiger partial charge in [-0.2, -0.15) is 10.1 Å². The number of fused-ring (bicyclic) bond motifs is 3.